The number of amides is 1. The smallest absolute Gasteiger partial charge is 0.254 e. The zero-order chi connectivity index (χ0) is 14.7. The van der Waals surface area contributed by atoms with Crippen LogP contribution in [0.5, 0.6) is 0 Å². The van der Waals surface area contributed by atoms with E-state index in [1.165, 1.54) is 0 Å². The highest BCUT2D eigenvalue weighted by molar-refractivity contribution is 5.95. The molecule has 1 aliphatic rings. The quantitative estimate of drug-likeness (QED) is 0.654. The normalized spacial score (nSPS) is 18.6. The summed E-state index contributed by atoms with van der Waals surface area (Å²) in [5.74, 6) is 6.98. The van der Waals surface area contributed by atoms with Gasteiger partial charge in [-0.25, -0.2) is 10.8 Å². The molecule has 1 unspecified atom stereocenters. The fourth-order valence-electron chi connectivity index (χ4n) is 2.58. The summed E-state index contributed by atoms with van der Waals surface area (Å²) < 4.78 is 0. The number of aromatic nitrogens is 1. The first-order valence-corrected chi connectivity index (χ1v) is 7.33. The van der Waals surface area contributed by atoms with Crippen molar-refractivity contribution in [2.75, 3.05) is 18.5 Å². The second kappa shape index (κ2) is 6.22. The molecule has 2 heterocycles. The van der Waals surface area contributed by atoms with Crippen LogP contribution in [-0.2, 0) is 0 Å². The number of hydrogen-bond acceptors (Lipinski definition) is 4. The van der Waals surface area contributed by atoms with E-state index in [4.69, 9.17) is 5.84 Å². The Hall–Kier alpha value is -1.62. The van der Waals surface area contributed by atoms with E-state index < -0.39 is 0 Å². The SMILES string of the molecule is CCC1CCN(C(=O)c2cc(NN)nc(C(C)C)c2)C1. The summed E-state index contributed by atoms with van der Waals surface area (Å²) in [4.78, 5) is 18.9. The molecule has 3 N–H and O–H groups in total. The van der Waals surface area contributed by atoms with Crippen LogP contribution >= 0.6 is 0 Å². The van der Waals surface area contributed by atoms with Gasteiger partial charge in [0.2, 0.25) is 0 Å². The summed E-state index contributed by atoms with van der Waals surface area (Å²) in [5, 5.41) is 0. The third kappa shape index (κ3) is 3.10. The van der Waals surface area contributed by atoms with E-state index in [2.05, 4.69) is 31.2 Å². The van der Waals surface area contributed by atoms with Crippen molar-refractivity contribution < 1.29 is 4.79 Å². The molecule has 5 heteroatoms. The molecule has 0 spiro atoms. The molecule has 0 bridgehead atoms. The molecule has 110 valence electrons. The third-order valence-corrected chi connectivity index (χ3v) is 3.98. The molecule has 20 heavy (non-hydrogen) atoms. The predicted molar refractivity (Wildman–Crippen MR) is 80.4 cm³/mol. The van der Waals surface area contributed by atoms with E-state index in [1.54, 1.807) is 6.07 Å². The zero-order valence-electron chi connectivity index (χ0n) is 12.5. The van der Waals surface area contributed by atoms with E-state index in [0.717, 1.165) is 31.6 Å². The molecule has 1 aromatic rings. The number of pyridine rings is 1. The molecule has 1 aromatic heterocycles. The number of hydrazine groups is 1. The monoisotopic (exact) mass is 276 g/mol. The van der Waals surface area contributed by atoms with Crippen molar-refractivity contribution >= 4 is 11.7 Å². The summed E-state index contributed by atoms with van der Waals surface area (Å²) >= 11 is 0. The lowest BCUT2D eigenvalue weighted by atomic mass is 10.1. The van der Waals surface area contributed by atoms with Crippen molar-refractivity contribution in [1.82, 2.24) is 9.88 Å². The Morgan fingerprint density at radius 3 is 2.85 bits per heavy atom. The lowest BCUT2D eigenvalue weighted by molar-refractivity contribution is 0.0786. The fourth-order valence-corrected chi connectivity index (χ4v) is 2.58. The third-order valence-electron chi connectivity index (χ3n) is 3.98. The minimum atomic E-state index is 0.0850. The van der Waals surface area contributed by atoms with Crippen LogP contribution in [0.15, 0.2) is 12.1 Å². The van der Waals surface area contributed by atoms with Gasteiger partial charge in [-0.3, -0.25) is 4.79 Å². The van der Waals surface area contributed by atoms with Crippen molar-refractivity contribution in [3.05, 3.63) is 23.4 Å². The fraction of sp³-hybridized carbons (Fsp3) is 0.600. The van der Waals surface area contributed by atoms with Gasteiger partial charge in [0, 0.05) is 24.3 Å². The van der Waals surface area contributed by atoms with E-state index in [0.29, 0.717) is 17.3 Å². The Kier molecular flexibility index (Phi) is 4.60. The Balaban J connectivity index is 2.23. The van der Waals surface area contributed by atoms with E-state index in [1.807, 2.05) is 11.0 Å². The van der Waals surface area contributed by atoms with Gasteiger partial charge >= 0.3 is 0 Å². The Bertz CT molecular complexity index is 487. The van der Waals surface area contributed by atoms with Gasteiger partial charge in [-0.15, -0.1) is 0 Å². The van der Waals surface area contributed by atoms with E-state index in [-0.39, 0.29) is 11.8 Å². The summed E-state index contributed by atoms with van der Waals surface area (Å²) in [6, 6.07) is 3.61. The summed E-state index contributed by atoms with van der Waals surface area (Å²) in [6.45, 7) is 8.00. The summed E-state index contributed by atoms with van der Waals surface area (Å²) in [6.07, 6.45) is 2.24. The van der Waals surface area contributed by atoms with Gasteiger partial charge in [0.1, 0.15) is 5.82 Å². The van der Waals surface area contributed by atoms with Crippen molar-refractivity contribution in [2.45, 2.75) is 39.5 Å². The largest absolute Gasteiger partial charge is 0.338 e. The number of carbonyl (C=O) groups is 1. The Labute approximate surface area is 120 Å². The van der Waals surface area contributed by atoms with E-state index >= 15 is 0 Å². The van der Waals surface area contributed by atoms with Crippen molar-refractivity contribution in [2.24, 2.45) is 11.8 Å². The van der Waals surface area contributed by atoms with Crippen LogP contribution in [0.2, 0.25) is 0 Å². The molecule has 1 saturated heterocycles. The minimum absolute atomic E-state index is 0.0850. The first-order valence-electron chi connectivity index (χ1n) is 7.33. The van der Waals surface area contributed by atoms with Crippen LogP contribution < -0.4 is 11.3 Å². The van der Waals surface area contributed by atoms with Crippen LogP contribution in [-0.4, -0.2) is 28.9 Å². The van der Waals surface area contributed by atoms with Crippen molar-refractivity contribution in [3.63, 3.8) is 0 Å². The number of nitrogens with zero attached hydrogens (tertiary/aromatic N) is 2. The Morgan fingerprint density at radius 2 is 2.30 bits per heavy atom. The molecule has 0 aromatic carbocycles. The number of carbonyl (C=O) groups excluding carboxylic acids is 1. The highest BCUT2D eigenvalue weighted by Crippen LogP contribution is 2.23. The van der Waals surface area contributed by atoms with Gasteiger partial charge in [-0.1, -0.05) is 27.2 Å². The van der Waals surface area contributed by atoms with Gasteiger partial charge in [0.25, 0.3) is 5.91 Å². The molecular weight excluding hydrogens is 252 g/mol. The van der Waals surface area contributed by atoms with Crippen LogP contribution in [0, 0.1) is 5.92 Å². The van der Waals surface area contributed by atoms with Gasteiger partial charge in [0.15, 0.2) is 0 Å². The van der Waals surface area contributed by atoms with Crippen LogP contribution in [0.25, 0.3) is 0 Å². The number of nitrogens with two attached hydrogens (primary N) is 1. The maximum absolute atomic E-state index is 12.6. The number of rotatable bonds is 4. The van der Waals surface area contributed by atoms with Gasteiger partial charge < -0.3 is 10.3 Å². The second-order valence-corrected chi connectivity index (χ2v) is 5.78. The van der Waals surface area contributed by atoms with Crippen molar-refractivity contribution in [3.8, 4) is 0 Å². The van der Waals surface area contributed by atoms with Gasteiger partial charge in [0.05, 0.1) is 0 Å². The molecule has 1 amide bonds. The number of nitrogens with one attached hydrogen (secondary N) is 1. The maximum Gasteiger partial charge on any atom is 0.254 e. The predicted octanol–water partition coefficient (Wildman–Crippen LogP) is 2.36. The summed E-state index contributed by atoms with van der Waals surface area (Å²) in [7, 11) is 0. The molecule has 1 atom stereocenters. The zero-order valence-corrected chi connectivity index (χ0v) is 12.5. The molecule has 5 nitrogen and oxygen atoms in total. The first-order chi connectivity index (χ1) is 9.55. The summed E-state index contributed by atoms with van der Waals surface area (Å²) in [5.41, 5.74) is 4.10. The standard InChI is InChI=1S/C15H24N4O/c1-4-11-5-6-19(9-11)15(20)12-7-13(10(2)3)17-14(8-12)18-16/h7-8,10-11H,4-6,9,16H2,1-3H3,(H,17,18). The molecule has 0 radical (unpaired) electrons. The average Bonchev–Trinajstić information content (AvgIpc) is 2.94. The number of hydrogen-bond donors (Lipinski definition) is 2. The maximum atomic E-state index is 12.6. The first kappa shape index (κ1) is 14.8. The topological polar surface area (TPSA) is 71.2 Å². The van der Waals surface area contributed by atoms with Crippen LogP contribution in [0.1, 0.15) is 55.6 Å². The molecular formula is C15H24N4O. The number of anilines is 1. The molecule has 1 aliphatic heterocycles. The lowest BCUT2D eigenvalue weighted by Gasteiger charge is -2.18. The lowest BCUT2D eigenvalue weighted by Crippen LogP contribution is -2.29. The van der Waals surface area contributed by atoms with Crippen LogP contribution in [0.4, 0.5) is 5.82 Å². The highest BCUT2D eigenvalue weighted by Gasteiger charge is 2.26. The minimum Gasteiger partial charge on any atom is -0.338 e. The van der Waals surface area contributed by atoms with Crippen molar-refractivity contribution in [1.29, 1.82) is 0 Å². The highest BCUT2D eigenvalue weighted by atomic mass is 16.2. The molecule has 0 saturated carbocycles. The average molecular weight is 276 g/mol. The Morgan fingerprint density at radius 1 is 1.55 bits per heavy atom. The van der Waals surface area contributed by atoms with Gasteiger partial charge in [-0.2, -0.15) is 0 Å². The molecule has 2 rings (SSSR count). The second-order valence-electron chi connectivity index (χ2n) is 5.78. The van der Waals surface area contributed by atoms with Gasteiger partial charge in [-0.05, 0) is 30.4 Å². The van der Waals surface area contributed by atoms with Crippen LogP contribution in [0.3, 0.4) is 0 Å². The number of nitrogen functional groups attached to an aromatic ring is 1. The number of likely N-dealkylation sites (tertiary alicyclic amines) is 1. The molecule has 1 fully saturated rings. The van der Waals surface area contributed by atoms with E-state index in [9.17, 15) is 4.79 Å². The molecule has 0 aliphatic carbocycles.